The van der Waals surface area contributed by atoms with Crippen molar-refractivity contribution in [2.45, 2.75) is 26.8 Å². The van der Waals surface area contributed by atoms with Crippen LogP contribution in [0, 0.1) is 0 Å². The van der Waals surface area contributed by atoms with Crippen LogP contribution in [0.1, 0.15) is 26.0 Å². The summed E-state index contributed by atoms with van der Waals surface area (Å²) < 4.78 is 12.6. The Morgan fingerprint density at radius 3 is 2.39 bits per heavy atom. The second kappa shape index (κ2) is 12.6. The number of hydrogen-bond donors (Lipinski definition) is 1. The molecule has 1 aromatic heterocycles. The van der Waals surface area contributed by atoms with E-state index in [9.17, 15) is 9.59 Å². The van der Waals surface area contributed by atoms with Gasteiger partial charge in [0.1, 0.15) is 12.3 Å². The topological polar surface area (TPSA) is 76.0 Å². The highest BCUT2D eigenvalue weighted by Crippen LogP contribution is 2.16. The van der Waals surface area contributed by atoms with E-state index in [1.165, 1.54) is 0 Å². The molecule has 1 heterocycles. The molecule has 0 aliphatic carbocycles. The predicted molar refractivity (Wildman–Crippen MR) is 121 cm³/mol. The van der Waals surface area contributed by atoms with Crippen LogP contribution in [0.4, 0.5) is 10.5 Å². The van der Waals surface area contributed by atoms with Gasteiger partial charge in [0, 0.05) is 44.8 Å². The van der Waals surface area contributed by atoms with Gasteiger partial charge in [-0.25, -0.2) is 4.79 Å². The van der Waals surface area contributed by atoms with Crippen LogP contribution in [-0.4, -0.2) is 66.3 Å². The van der Waals surface area contributed by atoms with Gasteiger partial charge in [-0.15, -0.1) is 0 Å². The number of nitrogens with zero attached hydrogens (tertiary/aromatic N) is 3. The lowest BCUT2D eigenvalue weighted by Gasteiger charge is -2.27. The summed E-state index contributed by atoms with van der Waals surface area (Å²) in [6.07, 6.45) is 2.70. The minimum absolute atomic E-state index is 0.00480. The van der Waals surface area contributed by atoms with Crippen molar-refractivity contribution in [1.82, 2.24) is 14.4 Å². The van der Waals surface area contributed by atoms with Gasteiger partial charge < -0.3 is 29.2 Å². The molecule has 8 heteroatoms. The van der Waals surface area contributed by atoms with Gasteiger partial charge in [-0.05, 0) is 49.7 Å². The fraction of sp³-hybridized carbons (Fsp3) is 0.478. The summed E-state index contributed by atoms with van der Waals surface area (Å²) in [6, 6.07) is 10.8. The molecule has 0 aliphatic rings. The van der Waals surface area contributed by atoms with Crippen LogP contribution < -0.4 is 10.1 Å². The maximum atomic E-state index is 13.1. The molecule has 1 aromatic carbocycles. The molecule has 0 bridgehead atoms. The van der Waals surface area contributed by atoms with Gasteiger partial charge in [-0.3, -0.25) is 4.79 Å². The van der Waals surface area contributed by atoms with E-state index in [1.807, 2.05) is 43.8 Å². The number of carbonyl (C=O) groups is 2. The number of carbonyl (C=O) groups excluding carboxylic acids is 2. The first-order chi connectivity index (χ1) is 15.0. The number of amides is 3. The van der Waals surface area contributed by atoms with Crippen molar-refractivity contribution >= 4 is 17.6 Å². The average molecular weight is 431 g/mol. The fourth-order valence-electron chi connectivity index (χ4n) is 3.14. The van der Waals surface area contributed by atoms with Crippen molar-refractivity contribution in [3.63, 3.8) is 0 Å². The van der Waals surface area contributed by atoms with Crippen molar-refractivity contribution in [2.24, 2.45) is 7.05 Å². The summed E-state index contributed by atoms with van der Waals surface area (Å²) in [4.78, 5) is 29.2. The molecule has 0 saturated heterocycles. The van der Waals surface area contributed by atoms with Crippen LogP contribution in [0.5, 0.6) is 5.75 Å². The lowest BCUT2D eigenvalue weighted by molar-refractivity contribution is -0.133. The molecule has 2 aromatic rings. The first-order valence-corrected chi connectivity index (χ1v) is 10.6. The van der Waals surface area contributed by atoms with Crippen LogP contribution in [0.25, 0.3) is 0 Å². The van der Waals surface area contributed by atoms with Crippen LogP contribution in [0.3, 0.4) is 0 Å². The van der Waals surface area contributed by atoms with Crippen molar-refractivity contribution in [2.75, 3.05) is 45.3 Å². The number of rotatable bonds is 12. The number of benzene rings is 1. The molecule has 3 amide bonds. The van der Waals surface area contributed by atoms with E-state index in [1.54, 1.807) is 41.2 Å². The fourth-order valence-corrected chi connectivity index (χ4v) is 3.14. The van der Waals surface area contributed by atoms with Crippen molar-refractivity contribution < 1.29 is 19.1 Å². The number of methoxy groups -OCH3 is 1. The van der Waals surface area contributed by atoms with Gasteiger partial charge in [0.05, 0.1) is 19.8 Å². The summed E-state index contributed by atoms with van der Waals surface area (Å²) in [6.45, 7) is 6.33. The summed E-state index contributed by atoms with van der Waals surface area (Å²) in [5, 5.41) is 2.87. The Labute approximate surface area is 184 Å². The zero-order valence-electron chi connectivity index (χ0n) is 19.0. The highest BCUT2D eigenvalue weighted by atomic mass is 16.5. The summed E-state index contributed by atoms with van der Waals surface area (Å²) in [5.74, 6) is 0.629. The molecule has 31 heavy (non-hydrogen) atoms. The van der Waals surface area contributed by atoms with Crippen LogP contribution >= 0.6 is 0 Å². The summed E-state index contributed by atoms with van der Waals surface area (Å²) >= 11 is 0. The highest BCUT2D eigenvalue weighted by Gasteiger charge is 2.21. The average Bonchev–Trinajstić information content (AvgIpc) is 3.16. The maximum Gasteiger partial charge on any atom is 0.322 e. The standard InChI is InChI=1S/C23H34N4O4/c1-5-13-27(23(29)24-19-9-11-21(12-10-19)31-6-2)18-22(28)26(15-16-30-4)17-20-8-7-14-25(20)3/h7-12,14H,5-6,13,15-18H2,1-4H3,(H,24,29). The molecule has 0 aliphatic heterocycles. The molecule has 0 unspecified atom stereocenters. The Morgan fingerprint density at radius 2 is 1.81 bits per heavy atom. The van der Waals surface area contributed by atoms with E-state index >= 15 is 0 Å². The summed E-state index contributed by atoms with van der Waals surface area (Å²) in [7, 11) is 3.56. The van der Waals surface area contributed by atoms with Gasteiger partial charge in [0.25, 0.3) is 0 Å². The SMILES string of the molecule is CCCN(CC(=O)N(CCOC)Cc1cccn1C)C(=O)Nc1ccc(OCC)cc1. The lowest BCUT2D eigenvalue weighted by atomic mass is 10.3. The summed E-state index contributed by atoms with van der Waals surface area (Å²) in [5.41, 5.74) is 1.67. The molecule has 2 rings (SSSR count). The van der Waals surface area contributed by atoms with Gasteiger partial charge in [-0.2, -0.15) is 0 Å². The molecule has 0 saturated carbocycles. The molecule has 0 spiro atoms. The number of aromatic nitrogens is 1. The number of hydrogen-bond acceptors (Lipinski definition) is 4. The molecule has 8 nitrogen and oxygen atoms in total. The van der Waals surface area contributed by atoms with Gasteiger partial charge in [0.15, 0.2) is 0 Å². The predicted octanol–water partition coefficient (Wildman–Crippen LogP) is 3.34. The van der Waals surface area contributed by atoms with Gasteiger partial charge in [0.2, 0.25) is 5.91 Å². The smallest absolute Gasteiger partial charge is 0.322 e. The van der Waals surface area contributed by atoms with Crippen molar-refractivity contribution in [1.29, 1.82) is 0 Å². The molecular weight excluding hydrogens is 396 g/mol. The van der Waals surface area contributed by atoms with E-state index in [-0.39, 0.29) is 18.5 Å². The number of anilines is 1. The Hall–Kier alpha value is -3.00. The largest absolute Gasteiger partial charge is 0.494 e. The molecular formula is C23H34N4O4. The van der Waals surface area contributed by atoms with E-state index in [2.05, 4.69) is 5.32 Å². The Kier molecular flexibility index (Phi) is 9.90. The number of urea groups is 1. The molecule has 1 N–H and O–H groups in total. The molecule has 0 atom stereocenters. The molecule has 0 radical (unpaired) electrons. The van der Waals surface area contributed by atoms with E-state index in [4.69, 9.17) is 9.47 Å². The van der Waals surface area contributed by atoms with Gasteiger partial charge >= 0.3 is 6.03 Å². The second-order valence-corrected chi connectivity index (χ2v) is 7.23. The number of ether oxygens (including phenoxy) is 2. The maximum absolute atomic E-state index is 13.1. The quantitative estimate of drug-likeness (QED) is 0.560. The van der Waals surface area contributed by atoms with E-state index in [0.29, 0.717) is 38.5 Å². The van der Waals surface area contributed by atoms with Crippen molar-refractivity contribution in [3.8, 4) is 5.75 Å². The number of nitrogens with one attached hydrogen (secondary N) is 1. The normalized spacial score (nSPS) is 10.6. The van der Waals surface area contributed by atoms with E-state index in [0.717, 1.165) is 17.9 Å². The lowest BCUT2D eigenvalue weighted by Crippen LogP contribution is -2.45. The number of aryl methyl sites for hydroxylation is 1. The van der Waals surface area contributed by atoms with E-state index < -0.39 is 0 Å². The third-order valence-corrected chi connectivity index (χ3v) is 4.85. The highest BCUT2D eigenvalue weighted by molar-refractivity contribution is 5.92. The first-order valence-electron chi connectivity index (χ1n) is 10.6. The van der Waals surface area contributed by atoms with Gasteiger partial charge in [-0.1, -0.05) is 6.92 Å². The first kappa shape index (κ1) is 24.3. The van der Waals surface area contributed by atoms with Crippen LogP contribution in [0.15, 0.2) is 42.6 Å². The zero-order chi connectivity index (χ0) is 22.6. The second-order valence-electron chi connectivity index (χ2n) is 7.23. The minimum atomic E-state index is -0.301. The van der Waals surface area contributed by atoms with Crippen molar-refractivity contribution in [3.05, 3.63) is 48.3 Å². The minimum Gasteiger partial charge on any atom is -0.494 e. The third kappa shape index (κ3) is 7.64. The Balaban J connectivity index is 2.04. The molecule has 0 fully saturated rings. The third-order valence-electron chi connectivity index (χ3n) is 4.85. The monoisotopic (exact) mass is 430 g/mol. The Bertz CT molecular complexity index is 819. The Morgan fingerprint density at radius 1 is 1.06 bits per heavy atom. The zero-order valence-corrected chi connectivity index (χ0v) is 19.0. The van der Waals surface area contributed by atoms with Crippen LogP contribution in [-0.2, 0) is 23.1 Å². The van der Waals surface area contributed by atoms with Crippen LogP contribution in [0.2, 0.25) is 0 Å². The molecule has 170 valence electrons.